The molecule has 1 fully saturated rings. The summed E-state index contributed by atoms with van der Waals surface area (Å²) in [4.78, 5) is 12.9. The molecule has 1 aromatic heterocycles. The summed E-state index contributed by atoms with van der Waals surface area (Å²) in [5.41, 5.74) is 4.89. The number of rotatable bonds is 5. The number of benzene rings is 3. The minimum Gasteiger partial charge on any atom is -0.467 e. The van der Waals surface area contributed by atoms with E-state index < -0.39 is 6.04 Å². The average Bonchev–Trinajstić information content (AvgIpc) is 3.61. The van der Waals surface area contributed by atoms with E-state index in [1.165, 1.54) is 7.11 Å². The van der Waals surface area contributed by atoms with Crippen molar-refractivity contribution < 1.29 is 9.53 Å². The second-order valence-corrected chi connectivity index (χ2v) is 8.16. The first kappa shape index (κ1) is 20.1. The zero-order valence-corrected chi connectivity index (χ0v) is 18.0. The predicted molar refractivity (Wildman–Crippen MR) is 126 cm³/mol. The van der Waals surface area contributed by atoms with E-state index in [9.17, 15) is 4.79 Å². The van der Waals surface area contributed by atoms with Crippen molar-refractivity contribution in [2.45, 2.75) is 25.3 Å². The number of nitrogens with zero attached hydrogens (tertiary/aromatic N) is 2. The molecule has 4 heteroatoms. The van der Waals surface area contributed by atoms with Crippen LogP contribution in [0.4, 0.5) is 0 Å². The van der Waals surface area contributed by atoms with Gasteiger partial charge in [0.2, 0.25) is 0 Å². The maximum atomic E-state index is 12.9. The quantitative estimate of drug-likeness (QED) is 0.320. The predicted octanol–water partition coefficient (Wildman–Crippen LogP) is 5.42. The van der Waals surface area contributed by atoms with Gasteiger partial charge in [-0.1, -0.05) is 72.7 Å². The Bertz CT molecular complexity index is 1310. The molecule has 0 spiro atoms. The van der Waals surface area contributed by atoms with Gasteiger partial charge in [0.05, 0.1) is 12.6 Å². The van der Waals surface area contributed by atoms with Gasteiger partial charge in [0, 0.05) is 17.7 Å². The Morgan fingerprint density at radius 2 is 1.75 bits per heavy atom. The number of hydrogen-bond acceptors (Lipinski definition) is 3. The maximum absolute atomic E-state index is 12.9. The number of carbonyl (C=O) groups excluding carboxylic acids is 1. The van der Waals surface area contributed by atoms with Crippen molar-refractivity contribution in [1.82, 2.24) is 9.78 Å². The van der Waals surface area contributed by atoms with E-state index in [0.29, 0.717) is 12.3 Å². The van der Waals surface area contributed by atoms with Gasteiger partial charge in [0.1, 0.15) is 5.69 Å². The van der Waals surface area contributed by atoms with Crippen molar-refractivity contribution in [3.63, 3.8) is 0 Å². The Balaban J connectivity index is 1.65. The summed E-state index contributed by atoms with van der Waals surface area (Å²) in [6.45, 7) is 0. The fraction of sp³-hybridized carbons (Fsp3) is 0.214. The lowest BCUT2D eigenvalue weighted by Gasteiger charge is -2.16. The lowest BCUT2D eigenvalue weighted by molar-refractivity contribution is -0.144. The molecule has 158 valence electrons. The molecule has 1 heterocycles. The molecule has 0 radical (unpaired) electrons. The number of esters is 1. The van der Waals surface area contributed by atoms with Crippen LogP contribution in [0.5, 0.6) is 0 Å². The Hall–Kier alpha value is -3.84. The van der Waals surface area contributed by atoms with Crippen LogP contribution >= 0.6 is 0 Å². The summed E-state index contributed by atoms with van der Waals surface area (Å²) >= 11 is 0. The van der Waals surface area contributed by atoms with E-state index in [0.717, 1.165) is 46.1 Å². The fourth-order valence-electron chi connectivity index (χ4n) is 3.90. The Morgan fingerprint density at radius 3 is 2.44 bits per heavy atom. The van der Waals surface area contributed by atoms with Gasteiger partial charge in [0.25, 0.3) is 0 Å². The van der Waals surface area contributed by atoms with Crippen molar-refractivity contribution in [3.05, 3.63) is 90.1 Å². The van der Waals surface area contributed by atoms with Gasteiger partial charge in [-0.3, -0.25) is 0 Å². The smallest absolute Gasteiger partial charge is 0.331 e. The molecule has 4 nitrogen and oxygen atoms in total. The van der Waals surface area contributed by atoms with Gasteiger partial charge < -0.3 is 4.74 Å². The summed E-state index contributed by atoms with van der Waals surface area (Å²) in [5.74, 6) is 6.85. The highest BCUT2D eigenvalue weighted by Crippen LogP contribution is 2.31. The van der Waals surface area contributed by atoms with Crippen LogP contribution in [0.2, 0.25) is 0 Å². The summed E-state index contributed by atoms with van der Waals surface area (Å²) in [6, 6.07) is 25.8. The minimum atomic E-state index is -0.585. The van der Waals surface area contributed by atoms with Gasteiger partial charge in [-0.15, -0.1) is 0 Å². The third kappa shape index (κ3) is 4.15. The van der Waals surface area contributed by atoms with Gasteiger partial charge in [-0.05, 0) is 47.6 Å². The first-order chi connectivity index (χ1) is 15.7. The lowest BCUT2D eigenvalue weighted by Crippen LogP contribution is -2.25. The first-order valence-corrected chi connectivity index (χ1v) is 10.9. The summed E-state index contributed by atoms with van der Waals surface area (Å²) < 4.78 is 6.94. The monoisotopic (exact) mass is 420 g/mol. The van der Waals surface area contributed by atoms with Crippen molar-refractivity contribution in [2.75, 3.05) is 7.11 Å². The zero-order chi connectivity index (χ0) is 21.9. The molecule has 1 aliphatic carbocycles. The summed E-state index contributed by atoms with van der Waals surface area (Å²) in [6.07, 6.45) is 2.77. The highest BCUT2D eigenvalue weighted by molar-refractivity contribution is 5.89. The second-order valence-electron chi connectivity index (χ2n) is 8.16. The van der Waals surface area contributed by atoms with Crippen LogP contribution in [0.3, 0.4) is 0 Å². The zero-order valence-electron chi connectivity index (χ0n) is 18.0. The number of ether oxygens (including phenoxy) is 1. The van der Waals surface area contributed by atoms with Crippen LogP contribution in [0, 0.1) is 17.8 Å². The fourth-order valence-corrected chi connectivity index (χ4v) is 3.90. The topological polar surface area (TPSA) is 44.1 Å². The largest absolute Gasteiger partial charge is 0.467 e. The molecule has 4 aromatic rings. The van der Waals surface area contributed by atoms with E-state index in [4.69, 9.17) is 9.84 Å². The number of fused-ring (bicyclic) bond motifs is 1. The molecule has 32 heavy (non-hydrogen) atoms. The van der Waals surface area contributed by atoms with Crippen LogP contribution < -0.4 is 0 Å². The van der Waals surface area contributed by atoms with Crippen LogP contribution in [0.15, 0.2) is 78.9 Å². The molecule has 1 unspecified atom stereocenters. The minimum absolute atomic E-state index is 0.320. The number of hydrogen-bond donors (Lipinski definition) is 0. The molecule has 0 bridgehead atoms. The van der Waals surface area contributed by atoms with E-state index in [1.807, 2.05) is 54.6 Å². The summed E-state index contributed by atoms with van der Waals surface area (Å²) in [5, 5.41) is 5.78. The maximum Gasteiger partial charge on any atom is 0.331 e. The lowest BCUT2D eigenvalue weighted by atomic mass is 10.0. The van der Waals surface area contributed by atoms with Crippen molar-refractivity contribution in [2.24, 2.45) is 5.92 Å². The van der Waals surface area contributed by atoms with Gasteiger partial charge in [-0.2, -0.15) is 5.10 Å². The van der Waals surface area contributed by atoms with E-state index >= 15 is 0 Å². The van der Waals surface area contributed by atoms with Gasteiger partial charge in [0.15, 0.2) is 6.04 Å². The molecule has 1 atom stereocenters. The molecule has 0 saturated heterocycles. The number of methoxy groups -OCH3 is 1. The van der Waals surface area contributed by atoms with E-state index in [2.05, 4.69) is 36.1 Å². The Morgan fingerprint density at radius 1 is 1.03 bits per heavy atom. The SMILES string of the molecule is COC(=O)C(Cc1ccccc1)n1nc2ccc(-c3ccccc3)cc2c1C#CC1CC1. The normalized spacial score (nSPS) is 13.9. The van der Waals surface area contributed by atoms with Gasteiger partial charge in [-0.25, -0.2) is 9.48 Å². The van der Waals surface area contributed by atoms with Crippen LogP contribution in [0.25, 0.3) is 22.0 Å². The van der Waals surface area contributed by atoms with E-state index in [1.54, 1.807) is 4.68 Å². The highest BCUT2D eigenvalue weighted by atomic mass is 16.5. The number of aromatic nitrogens is 2. The van der Waals surface area contributed by atoms with Crippen molar-refractivity contribution in [3.8, 4) is 23.0 Å². The third-order valence-corrected chi connectivity index (χ3v) is 5.82. The number of carbonyl (C=O) groups is 1. The average molecular weight is 421 g/mol. The summed E-state index contributed by atoms with van der Waals surface area (Å²) in [7, 11) is 1.42. The van der Waals surface area contributed by atoms with Crippen molar-refractivity contribution in [1.29, 1.82) is 0 Å². The molecule has 1 saturated carbocycles. The van der Waals surface area contributed by atoms with Crippen molar-refractivity contribution >= 4 is 16.9 Å². The standard InChI is InChI=1S/C28H24N2O2/c1-32-28(31)27(18-21-8-4-2-5-9-21)30-26(17-14-20-12-13-20)24-19-23(15-16-25(24)29-30)22-10-6-3-7-11-22/h2-11,15-16,19-20,27H,12-13,18H2,1H3. The van der Waals surface area contributed by atoms with E-state index in [-0.39, 0.29) is 5.97 Å². The molecular weight excluding hydrogens is 396 g/mol. The Labute approximate surface area is 187 Å². The molecule has 1 aliphatic rings. The first-order valence-electron chi connectivity index (χ1n) is 10.9. The van der Waals surface area contributed by atoms with Gasteiger partial charge >= 0.3 is 5.97 Å². The van der Waals surface area contributed by atoms with Crippen LogP contribution in [-0.2, 0) is 16.0 Å². The second kappa shape index (κ2) is 8.72. The highest BCUT2D eigenvalue weighted by Gasteiger charge is 2.27. The molecule has 0 amide bonds. The third-order valence-electron chi connectivity index (χ3n) is 5.82. The molecular formula is C28H24N2O2. The molecule has 0 N–H and O–H groups in total. The van der Waals surface area contributed by atoms with Crippen LogP contribution in [-0.4, -0.2) is 22.9 Å². The molecule has 3 aromatic carbocycles. The van der Waals surface area contributed by atoms with Crippen LogP contribution in [0.1, 0.15) is 30.1 Å². The Kier molecular flexibility index (Phi) is 5.47. The molecule has 5 rings (SSSR count). The molecule has 0 aliphatic heterocycles.